The maximum atomic E-state index is 5.98. The Bertz CT molecular complexity index is 307. The standard InChI is InChI=1S/C16H30N2O/c1-13(2)7-9-18(10-8-14(3)4)15(12-17)16-6-5-11-19-16/h5-6,11,13-15H,7-10,12,17H2,1-4H3. The average Bonchev–Trinajstić information content (AvgIpc) is 2.85. The number of hydrogen-bond donors (Lipinski definition) is 1. The minimum atomic E-state index is 0.215. The molecule has 0 aliphatic rings. The number of rotatable bonds is 9. The lowest BCUT2D eigenvalue weighted by Crippen LogP contribution is -2.36. The highest BCUT2D eigenvalue weighted by Crippen LogP contribution is 2.22. The van der Waals surface area contributed by atoms with Crippen LogP contribution >= 0.6 is 0 Å². The molecule has 1 unspecified atom stereocenters. The third kappa shape index (κ3) is 5.79. The molecule has 19 heavy (non-hydrogen) atoms. The van der Waals surface area contributed by atoms with E-state index >= 15 is 0 Å². The van der Waals surface area contributed by atoms with Crippen molar-refractivity contribution in [3.05, 3.63) is 24.2 Å². The third-order valence-electron chi connectivity index (χ3n) is 3.52. The van der Waals surface area contributed by atoms with E-state index < -0.39 is 0 Å². The van der Waals surface area contributed by atoms with Crippen molar-refractivity contribution >= 4 is 0 Å². The van der Waals surface area contributed by atoms with Crippen molar-refractivity contribution in [2.45, 2.75) is 46.6 Å². The third-order valence-corrected chi connectivity index (χ3v) is 3.52. The van der Waals surface area contributed by atoms with Gasteiger partial charge >= 0.3 is 0 Å². The van der Waals surface area contributed by atoms with Crippen molar-refractivity contribution in [2.75, 3.05) is 19.6 Å². The molecule has 1 heterocycles. The Balaban J connectivity index is 2.68. The van der Waals surface area contributed by atoms with Gasteiger partial charge < -0.3 is 10.2 Å². The van der Waals surface area contributed by atoms with Crippen molar-refractivity contribution in [2.24, 2.45) is 17.6 Å². The van der Waals surface area contributed by atoms with E-state index in [1.807, 2.05) is 12.1 Å². The van der Waals surface area contributed by atoms with E-state index in [2.05, 4.69) is 32.6 Å². The van der Waals surface area contributed by atoms with E-state index in [1.165, 1.54) is 12.8 Å². The zero-order chi connectivity index (χ0) is 14.3. The Labute approximate surface area is 118 Å². The molecule has 0 spiro atoms. The van der Waals surface area contributed by atoms with E-state index in [9.17, 15) is 0 Å². The highest BCUT2D eigenvalue weighted by atomic mass is 16.3. The summed E-state index contributed by atoms with van der Waals surface area (Å²) in [6, 6.07) is 4.20. The zero-order valence-corrected chi connectivity index (χ0v) is 12.9. The first-order valence-electron chi connectivity index (χ1n) is 7.52. The van der Waals surface area contributed by atoms with Gasteiger partial charge in [-0.3, -0.25) is 4.90 Å². The summed E-state index contributed by atoms with van der Waals surface area (Å²) in [5, 5.41) is 0. The summed E-state index contributed by atoms with van der Waals surface area (Å²) in [6.45, 7) is 11.9. The lowest BCUT2D eigenvalue weighted by molar-refractivity contribution is 0.162. The number of nitrogens with zero attached hydrogens (tertiary/aromatic N) is 1. The highest BCUT2D eigenvalue weighted by molar-refractivity contribution is 5.05. The zero-order valence-electron chi connectivity index (χ0n) is 12.9. The van der Waals surface area contributed by atoms with E-state index in [0.29, 0.717) is 6.54 Å². The molecular formula is C16H30N2O. The van der Waals surface area contributed by atoms with Crippen LogP contribution in [0, 0.1) is 11.8 Å². The lowest BCUT2D eigenvalue weighted by atomic mass is 10.1. The lowest BCUT2D eigenvalue weighted by Gasteiger charge is -2.30. The van der Waals surface area contributed by atoms with Crippen molar-refractivity contribution < 1.29 is 4.42 Å². The van der Waals surface area contributed by atoms with Gasteiger partial charge in [-0.1, -0.05) is 27.7 Å². The maximum absolute atomic E-state index is 5.98. The van der Waals surface area contributed by atoms with Crippen LogP contribution in [0.15, 0.2) is 22.8 Å². The first kappa shape index (κ1) is 16.3. The van der Waals surface area contributed by atoms with Crippen molar-refractivity contribution in [1.82, 2.24) is 4.90 Å². The Morgan fingerprint density at radius 2 is 1.68 bits per heavy atom. The maximum Gasteiger partial charge on any atom is 0.122 e. The summed E-state index contributed by atoms with van der Waals surface area (Å²) in [4.78, 5) is 2.48. The number of hydrogen-bond acceptors (Lipinski definition) is 3. The van der Waals surface area contributed by atoms with Gasteiger partial charge in [-0.05, 0) is 49.9 Å². The molecule has 0 saturated heterocycles. The van der Waals surface area contributed by atoms with E-state index in [1.54, 1.807) is 6.26 Å². The fourth-order valence-corrected chi connectivity index (χ4v) is 2.20. The van der Waals surface area contributed by atoms with Gasteiger partial charge in [0, 0.05) is 6.54 Å². The molecular weight excluding hydrogens is 236 g/mol. The molecule has 0 aromatic carbocycles. The molecule has 1 aromatic rings. The molecule has 0 saturated carbocycles. The van der Waals surface area contributed by atoms with Gasteiger partial charge in [0.1, 0.15) is 5.76 Å². The molecule has 0 radical (unpaired) electrons. The Morgan fingerprint density at radius 3 is 2.05 bits per heavy atom. The summed E-state index contributed by atoms with van der Waals surface area (Å²) in [5.74, 6) is 2.43. The first-order valence-corrected chi connectivity index (χ1v) is 7.52. The molecule has 3 nitrogen and oxygen atoms in total. The first-order chi connectivity index (χ1) is 9.04. The van der Waals surface area contributed by atoms with Gasteiger partial charge in [0.15, 0.2) is 0 Å². The van der Waals surface area contributed by atoms with Crippen molar-refractivity contribution in [3.8, 4) is 0 Å². The topological polar surface area (TPSA) is 42.4 Å². The highest BCUT2D eigenvalue weighted by Gasteiger charge is 2.21. The molecule has 1 aromatic heterocycles. The van der Waals surface area contributed by atoms with Gasteiger partial charge in [-0.2, -0.15) is 0 Å². The molecule has 0 bridgehead atoms. The predicted molar refractivity (Wildman–Crippen MR) is 81.0 cm³/mol. The van der Waals surface area contributed by atoms with E-state index in [-0.39, 0.29) is 6.04 Å². The smallest absolute Gasteiger partial charge is 0.122 e. The molecule has 0 fully saturated rings. The van der Waals surface area contributed by atoms with Crippen LogP contribution in [0.1, 0.15) is 52.3 Å². The van der Waals surface area contributed by atoms with Gasteiger partial charge in [0.05, 0.1) is 12.3 Å². The molecule has 0 aliphatic carbocycles. The Morgan fingerprint density at radius 1 is 1.11 bits per heavy atom. The molecule has 1 atom stereocenters. The van der Waals surface area contributed by atoms with Crippen molar-refractivity contribution in [3.63, 3.8) is 0 Å². The minimum Gasteiger partial charge on any atom is -0.468 e. The number of nitrogens with two attached hydrogens (primary N) is 1. The molecule has 1 rings (SSSR count). The molecule has 110 valence electrons. The second-order valence-corrected chi connectivity index (χ2v) is 6.17. The minimum absolute atomic E-state index is 0.215. The van der Waals surface area contributed by atoms with E-state index in [0.717, 1.165) is 30.7 Å². The summed E-state index contributed by atoms with van der Waals surface area (Å²) >= 11 is 0. The Kier molecular flexibility index (Phi) is 7.17. The van der Waals surface area contributed by atoms with Crippen LogP contribution in [0.25, 0.3) is 0 Å². The van der Waals surface area contributed by atoms with Gasteiger partial charge in [-0.25, -0.2) is 0 Å². The van der Waals surface area contributed by atoms with Crippen molar-refractivity contribution in [1.29, 1.82) is 0 Å². The predicted octanol–water partition coefficient (Wildman–Crippen LogP) is 3.67. The number of furan rings is 1. The molecule has 2 N–H and O–H groups in total. The Hall–Kier alpha value is -0.800. The summed E-state index contributed by atoms with van der Waals surface area (Å²) in [7, 11) is 0. The van der Waals surface area contributed by atoms with Crippen LogP contribution in [0.3, 0.4) is 0 Å². The average molecular weight is 266 g/mol. The summed E-state index contributed by atoms with van der Waals surface area (Å²) < 4.78 is 5.56. The van der Waals surface area contributed by atoms with E-state index in [4.69, 9.17) is 10.2 Å². The molecule has 3 heteroatoms. The SMILES string of the molecule is CC(C)CCN(CCC(C)C)C(CN)c1ccco1. The van der Waals surface area contributed by atoms with Gasteiger partial charge in [0.25, 0.3) is 0 Å². The monoisotopic (exact) mass is 266 g/mol. The summed E-state index contributed by atoms with van der Waals surface area (Å²) in [6.07, 6.45) is 4.14. The fourth-order valence-electron chi connectivity index (χ4n) is 2.20. The fraction of sp³-hybridized carbons (Fsp3) is 0.750. The van der Waals surface area contributed by atoms with Crippen LogP contribution in [0.4, 0.5) is 0 Å². The van der Waals surface area contributed by atoms with Crippen LogP contribution in [0.5, 0.6) is 0 Å². The normalized spacial score (nSPS) is 13.7. The van der Waals surface area contributed by atoms with Gasteiger partial charge in [-0.15, -0.1) is 0 Å². The second kappa shape index (κ2) is 8.39. The van der Waals surface area contributed by atoms with Crippen LogP contribution in [0.2, 0.25) is 0 Å². The summed E-state index contributed by atoms with van der Waals surface area (Å²) in [5.41, 5.74) is 5.98. The largest absolute Gasteiger partial charge is 0.468 e. The van der Waals surface area contributed by atoms with Crippen LogP contribution in [-0.2, 0) is 0 Å². The van der Waals surface area contributed by atoms with Gasteiger partial charge in [0.2, 0.25) is 0 Å². The molecule has 0 amide bonds. The van der Waals surface area contributed by atoms with Crippen LogP contribution in [-0.4, -0.2) is 24.5 Å². The molecule has 0 aliphatic heterocycles. The van der Waals surface area contributed by atoms with Crippen LogP contribution < -0.4 is 5.73 Å². The quantitative estimate of drug-likeness (QED) is 0.741. The second-order valence-electron chi connectivity index (χ2n) is 6.17.